The predicted molar refractivity (Wildman–Crippen MR) is 69.3 cm³/mol. The molecule has 0 saturated carbocycles. The molecule has 0 fully saturated rings. The van der Waals surface area contributed by atoms with E-state index in [-0.39, 0.29) is 11.9 Å². The van der Waals surface area contributed by atoms with E-state index in [1.54, 1.807) is 10.7 Å². The van der Waals surface area contributed by atoms with Crippen LogP contribution in [0.25, 0.3) is 0 Å². The molecular formula is C12H13BrFN3. The minimum Gasteiger partial charge on any atom is -0.362 e. The fourth-order valence-electron chi connectivity index (χ4n) is 1.64. The van der Waals surface area contributed by atoms with Crippen molar-refractivity contribution in [2.75, 3.05) is 5.32 Å². The molecule has 2 rings (SSSR count). The van der Waals surface area contributed by atoms with Crippen LogP contribution >= 0.6 is 15.9 Å². The molecule has 1 aromatic heterocycles. The minimum atomic E-state index is -0.227. The van der Waals surface area contributed by atoms with Crippen LogP contribution in [0.4, 0.5) is 10.2 Å². The Morgan fingerprint density at radius 2 is 2.18 bits per heavy atom. The molecule has 0 radical (unpaired) electrons. The average molecular weight is 298 g/mol. The fraction of sp³-hybridized carbons (Fsp3) is 0.250. The zero-order valence-corrected chi connectivity index (χ0v) is 11.2. The lowest BCUT2D eigenvalue weighted by Crippen LogP contribution is -2.09. The first-order chi connectivity index (χ1) is 8.06. The van der Waals surface area contributed by atoms with Gasteiger partial charge in [0.2, 0.25) is 0 Å². The van der Waals surface area contributed by atoms with E-state index in [4.69, 9.17) is 0 Å². The summed E-state index contributed by atoms with van der Waals surface area (Å²) in [6.45, 7) is 1.90. The van der Waals surface area contributed by atoms with Crippen molar-refractivity contribution >= 4 is 21.7 Å². The number of halogens is 2. The minimum absolute atomic E-state index is 0.127. The zero-order chi connectivity index (χ0) is 12.4. The number of aryl methyl sites for hydroxylation is 1. The van der Waals surface area contributed by atoms with Crippen LogP contribution in [0.3, 0.4) is 0 Å². The first-order valence-electron chi connectivity index (χ1n) is 5.27. The van der Waals surface area contributed by atoms with Gasteiger partial charge in [-0.2, -0.15) is 5.10 Å². The molecule has 2 aromatic rings. The highest BCUT2D eigenvalue weighted by molar-refractivity contribution is 9.10. The van der Waals surface area contributed by atoms with E-state index in [2.05, 4.69) is 26.3 Å². The number of benzene rings is 1. The maximum atomic E-state index is 13.7. The Morgan fingerprint density at radius 3 is 2.76 bits per heavy atom. The largest absolute Gasteiger partial charge is 0.362 e. The number of hydrogen-bond donors (Lipinski definition) is 1. The molecule has 0 saturated heterocycles. The Bertz CT molecular complexity index is 524. The van der Waals surface area contributed by atoms with Crippen molar-refractivity contribution in [1.29, 1.82) is 0 Å². The Kier molecular flexibility index (Phi) is 3.47. The van der Waals surface area contributed by atoms with Crippen molar-refractivity contribution in [3.05, 3.63) is 46.3 Å². The Hall–Kier alpha value is -1.36. The molecule has 0 spiro atoms. The molecule has 5 heteroatoms. The summed E-state index contributed by atoms with van der Waals surface area (Å²) in [7, 11) is 1.84. The molecule has 1 unspecified atom stereocenters. The number of aromatic nitrogens is 2. The van der Waals surface area contributed by atoms with Crippen LogP contribution in [0, 0.1) is 5.82 Å². The van der Waals surface area contributed by atoms with Gasteiger partial charge in [0.25, 0.3) is 0 Å². The zero-order valence-electron chi connectivity index (χ0n) is 9.61. The number of nitrogens with one attached hydrogen (secondary N) is 1. The number of anilines is 1. The van der Waals surface area contributed by atoms with Crippen LogP contribution in [0.1, 0.15) is 18.5 Å². The Morgan fingerprint density at radius 1 is 1.41 bits per heavy atom. The molecule has 0 aliphatic carbocycles. The second-order valence-electron chi connectivity index (χ2n) is 3.91. The third kappa shape index (κ3) is 2.85. The summed E-state index contributed by atoms with van der Waals surface area (Å²) >= 11 is 3.24. The summed E-state index contributed by atoms with van der Waals surface area (Å²) in [6, 6.07) is 6.78. The lowest BCUT2D eigenvalue weighted by atomic mass is 10.1. The highest BCUT2D eigenvalue weighted by Gasteiger charge is 2.11. The Balaban J connectivity index is 2.17. The van der Waals surface area contributed by atoms with Crippen molar-refractivity contribution in [3.8, 4) is 0 Å². The number of rotatable bonds is 3. The van der Waals surface area contributed by atoms with E-state index in [0.29, 0.717) is 5.56 Å². The molecule has 90 valence electrons. The van der Waals surface area contributed by atoms with Crippen molar-refractivity contribution in [1.82, 2.24) is 9.78 Å². The first-order valence-corrected chi connectivity index (χ1v) is 6.06. The number of nitrogens with zero attached hydrogens (tertiary/aromatic N) is 2. The van der Waals surface area contributed by atoms with Gasteiger partial charge in [-0.15, -0.1) is 0 Å². The molecule has 17 heavy (non-hydrogen) atoms. The normalized spacial score (nSPS) is 12.5. The lowest BCUT2D eigenvalue weighted by Gasteiger charge is -2.14. The van der Waals surface area contributed by atoms with Gasteiger partial charge in [0.15, 0.2) is 0 Å². The van der Waals surface area contributed by atoms with Crippen molar-refractivity contribution < 1.29 is 4.39 Å². The third-order valence-electron chi connectivity index (χ3n) is 2.51. The van der Waals surface area contributed by atoms with E-state index in [9.17, 15) is 4.39 Å². The second-order valence-corrected chi connectivity index (χ2v) is 4.82. The summed E-state index contributed by atoms with van der Waals surface area (Å²) in [4.78, 5) is 0. The van der Waals surface area contributed by atoms with Crippen LogP contribution in [0.2, 0.25) is 0 Å². The third-order valence-corrected chi connectivity index (χ3v) is 3.00. The predicted octanol–water partition coefficient (Wildman–Crippen LogP) is 3.49. The standard InChI is InChI=1S/C12H13BrFN3/c1-8(15-12-5-6-17(2)16-12)10-4-3-9(13)7-11(10)14/h3-8H,1-2H3,(H,15,16). The fourth-order valence-corrected chi connectivity index (χ4v) is 1.98. The van der Waals surface area contributed by atoms with Gasteiger partial charge in [-0.3, -0.25) is 4.68 Å². The summed E-state index contributed by atoms with van der Waals surface area (Å²) in [5.74, 6) is 0.512. The van der Waals surface area contributed by atoms with Gasteiger partial charge in [0, 0.05) is 29.3 Å². The van der Waals surface area contributed by atoms with Crippen molar-refractivity contribution in [2.24, 2.45) is 7.05 Å². The van der Waals surface area contributed by atoms with Crippen LogP contribution in [0.15, 0.2) is 34.9 Å². The molecule has 1 N–H and O–H groups in total. The average Bonchev–Trinajstić information content (AvgIpc) is 2.63. The first kappa shape index (κ1) is 12.1. The van der Waals surface area contributed by atoms with Gasteiger partial charge in [0.1, 0.15) is 11.6 Å². The van der Waals surface area contributed by atoms with Crippen molar-refractivity contribution in [2.45, 2.75) is 13.0 Å². The second kappa shape index (κ2) is 4.87. The van der Waals surface area contributed by atoms with E-state index in [0.717, 1.165) is 10.3 Å². The van der Waals surface area contributed by atoms with Gasteiger partial charge >= 0.3 is 0 Å². The molecule has 1 atom stereocenters. The molecule has 0 aliphatic rings. The maximum absolute atomic E-state index is 13.7. The molecule has 0 bridgehead atoms. The van der Waals surface area contributed by atoms with Gasteiger partial charge in [-0.05, 0) is 19.1 Å². The molecular weight excluding hydrogens is 285 g/mol. The maximum Gasteiger partial charge on any atom is 0.148 e. The lowest BCUT2D eigenvalue weighted by molar-refractivity contribution is 0.599. The number of hydrogen-bond acceptors (Lipinski definition) is 2. The van der Waals surface area contributed by atoms with Crippen LogP contribution in [0.5, 0.6) is 0 Å². The van der Waals surface area contributed by atoms with Crippen LogP contribution in [-0.2, 0) is 7.05 Å². The van der Waals surface area contributed by atoms with Crippen LogP contribution in [-0.4, -0.2) is 9.78 Å². The highest BCUT2D eigenvalue weighted by Crippen LogP contribution is 2.23. The monoisotopic (exact) mass is 297 g/mol. The molecule has 0 amide bonds. The van der Waals surface area contributed by atoms with E-state index >= 15 is 0 Å². The van der Waals surface area contributed by atoms with Crippen LogP contribution < -0.4 is 5.32 Å². The van der Waals surface area contributed by atoms with E-state index in [1.807, 2.05) is 32.3 Å². The van der Waals surface area contributed by atoms with Crippen molar-refractivity contribution in [3.63, 3.8) is 0 Å². The molecule has 0 aliphatic heterocycles. The van der Waals surface area contributed by atoms with Gasteiger partial charge in [-0.25, -0.2) is 4.39 Å². The summed E-state index contributed by atoms with van der Waals surface area (Å²) in [6.07, 6.45) is 1.84. The molecule has 1 aromatic carbocycles. The molecule has 1 heterocycles. The molecule has 3 nitrogen and oxygen atoms in total. The van der Waals surface area contributed by atoms with Gasteiger partial charge in [-0.1, -0.05) is 22.0 Å². The van der Waals surface area contributed by atoms with Gasteiger partial charge in [0.05, 0.1) is 6.04 Å². The summed E-state index contributed by atoms with van der Waals surface area (Å²) in [5, 5.41) is 7.35. The SMILES string of the molecule is CC(Nc1ccn(C)n1)c1ccc(Br)cc1F. The summed E-state index contributed by atoms with van der Waals surface area (Å²) < 4.78 is 16.2. The summed E-state index contributed by atoms with van der Waals surface area (Å²) in [5.41, 5.74) is 0.624. The van der Waals surface area contributed by atoms with Gasteiger partial charge < -0.3 is 5.32 Å². The topological polar surface area (TPSA) is 29.9 Å². The quantitative estimate of drug-likeness (QED) is 0.940. The van der Waals surface area contributed by atoms with E-state index < -0.39 is 0 Å². The van der Waals surface area contributed by atoms with E-state index in [1.165, 1.54) is 6.07 Å². The highest BCUT2D eigenvalue weighted by atomic mass is 79.9. The smallest absolute Gasteiger partial charge is 0.148 e. The Labute approximate surface area is 108 Å².